The van der Waals surface area contributed by atoms with E-state index in [1.54, 1.807) is 4.31 Å². The van der Waals surface area contributed by atoms with Gasteiger partial charge < -0.3 is 5.32 Å². The maximum Gasteiger partial charge on any atom is 0.211 e. The molecule has 0 spiro atoms. The lowest BCUT2D eigenvalue weighted by atomic mass is 9.90. The molecule has 0 radical (unpaired) electrons. The van der Waals surface area contributed by atoms with Gasteiger partial charge in [-0.15, -0.1) is 0 Å². The van der Waals surface area contributed by atoms with Gasteiger partial charge >= 0.3 is 0 Å². The number of sulfonamides is 1. The Kier molecular flexibility index (Phi) is 5.88. The van der Waals surface area contributed by atoms with Crippen LogP contribution in [0.25, 0.3) is 0 Å². The minimum absolute atomic E-state index is 0.223. The second-order valence-corrected chi connectivity index (χ2v) is 8.54. The van der Waals surface area contributed by atoms with E-state index < -0.39 is 10.0 Å². The summed E-state index contributed by atoms with van der Waals surface area (Å²) >= 11 is 5.93. The lowest BCUT2D eigenvalue weighted by molar-refractivity contribution is 0.193. The lowest BCUT2D eigenvalue weighted by Gasteiger charge is -2.38. The van der Waals surface area contributed by atoms with Crippen molar-refractivity contribution in [2.24, 2.45) is 5.92 Å². The Labute approximate surface area is 138 Å². The van der Waals surface area contributed by atoms with Gasteiger partial charge in [-0.1, -0.05) is 37.1 Å². The van der Waals surface area contributed by atoms with E-state index in [9.17, 15) is 8.42 Å². The van der Waals surface area contributed by atoms with Gasteiger partial charge in [0.1, 0.15) is 0 Å². The molecule has 1 aromatic carbocycles. The Morgan fingerprint density at radius 3 is 2.55 bits per heavy atom. The molecule has 4 nitrogen and oxygen atoms in total. The Morgan fingerprint density at radius 1 is 1.36 bits per heavy atom. The number of nitrogens with one attached hydrogen (secondary N) is 1. The van der Waals surface area contributed by atoms with E-state index in [0.717, 1.165) is 17.9 Å². The zero-order chi connectivity index (χ0) is 16.3. The number of halogens is 1. The Morgan fingerprint density at radius 2 is 2.00 bits per heavy atom. The van der Waals surface area contributed by atoms with Gasteiger partial charge in [-0.2, -0.15) is 0 Å². The van der Waals surface area contributed by atoms with Crippen molar-refractivity contribution < 1.29 is 8.42 Å². The molecule has 0 aliphatic carbocycles. The zero-order valence-electron chi connectivity index (χ0n) is 13.4. The van der Waals surface area contributed by atoms with Gasteiger partial charge in [0.15, 0.2) is 0 Å². The van der Waals surface area contributed by atoms with Gasteiger partial charge in [0.2, 0.25) is 10.0 Å². The third-order valence-corrected chi connectivity index (χ3v) is 6.05. The average Bonchev–Trinajstić information content (AvgIpc) is 2.47. The van der Waals surface area contributed by atoms with Gasteiger partial charge in [0.25, 0.3) is 0 Å². The van der Waals surface area contributed by atoms with Crippen LogP contribution < -0.4 is 5.32 Å². The average molecular weight is 345 g/mol. The summed E-state index contributed by atoms with van der Waals surface area (Å²) in [6.07, 6.45) is 3.12. The van der Waals surface area contributed by atoms with E-state index >= 15 is 0 Å². The van der Waals surface area contributed by atoms with Crippen LogP contribution in [0.5, 0.6) is 0 Å². The smallest absolute Gasteiger partial charge is 0.211 e. The molecule has 2 rings (SSSR count). The molecule has 3 unspecified atom stereocenters. The molecule has 0 saturated carbocycles. The van der Waals surface area contributed by atoms with Crippen molar-refractivity contribution in [3.8, 4) is 0 Å². The molecule has 124 valence electrons. The quantitative estimate of drug-likeness (QED) is 0.893. The molecular weight excluding hydrogens is 320 g/mol. The van der Waals surface area contributed by atoms with E-state index in [1.165, 1.54) is 11.8 Å². The van der Waals surface area contributed by atoms with E-state index in [-0.39, 0.29) is 6.04 Å². The first kappa shape index (κ1) is 17.7. The highest BCUT2D eigenvalue weighted by Crippen LogP contribution is 2.25. The highest BCUT2D eigenvalue weighted by Gasteiger charge is 2.32. The van der Waals surface area contributed by atoms with Crippen LogP contribution in [0, 0.1) is 5.92 Å². The summed E-state index contributed by atoms with van der Waals surface area (Å²) in [5.74, 6) is 0.346. The molecule has 0 bridgehead atoms. The molecule has 1 N–H and O–H groups in total. The number of hydrogen-bond donors (Lipinski definition) is 1. The van der Waals surface area contributed by atoms with Gasteiger partial charge in [-0.25, -0.2) is 12.7 Å². The summed E-state index contributed by atoms with van der Waals surface area (Å²) in [6, 6.07) is 8.44. The first-order chi connectivity index (χ1) is 10.3. The maximum atomic E-state index is 11.7. The number of piperidine rings is 1. The van der Waals surface area contributed by atoms with E-state index in [4.69, 9.17) is 11.6 Å². The third kappa shape index (κ3) is 4.44. The minimum Gasteiger partial charge on any atom is -0.307 e. The summed E-state index contributed by atoms with van der Waals surface area (Å²) in [4.78, 5) is 0. The Hall–Kier alpha value is -0.620. The zero-order valence-corrected chi connectivity index (χ0v) is 15.0. The molecule has 1 heterocycles. The van der Waals surface area contributed by atoms with Gasteiger partial charge in [0.05, 0.1) is 6.26 Å². The molecule has 1 aliphatic heterocycles. The van der Waals surface area contributed by atoms with Crippen LogP contribution >= 0.6 is 11.6 Å². The Bertz CT molecular complexity index is 589. The number of nitrogens with zero attached hydrogens (tertiary/aromatic N) is 1. The van der Waals surface area contributed by atoms with Crippen molar-refractivity contribution in [2.75, 3.05) is 19.3 Å². The van der Waals surface area contributed by atoms with Crippen molar-refractivity contribution in [3.63, 3.8) is 0 Å². The SMILES string of the molecule is CCC1CN(S(C)(=O)=O)CCC1NC(C)c1ccc(Cl)cc1. The summed E-state index contributed by atoms with van der Waals surface area (Å²) in [5, 5.41) is 4.40. The molecule has 1 aromatic rings. The van der Waals surface area contributed by atoms with E-state index in [2.05, 4.69) is 19.2 Å². The van der Waals surface area contributed by atoms with Gasteiger partial charge in [-0.05, 0) is 37.0 Å². The first-order valence-corrected chi connectivity index (χ1v) is 10.0. The van der Waals surface area contributed by atoms with Crippen molar-refractivity contribution >= 4 is 21.6 Å². The topological polar surface area (TPSA) is 49.4 Å². The van der Waals surface area contributed by atoms with E-state index in [1.807, 2.05) is 24.3 Å². The van der Waals surface area contributed by atoms with Crippen molar-refractivity contribution in [1.29, 1.82) is 0 Å². The molecule has 0 amide bonds. The van der Waals surface area contributed by atoms with Crippen LogP contribution in [-0.4, -0.2) is 38.1 Å². The highest BCUT2D eigenvalue weighted by molar-refractivity contribution is 7.88. The van der Waals surface area contributed by atoms with Gasteiger partial charge in [-0.3, -0.25) is 0 Å². The van der Waals surface area contributed by atoms with Gasteiger partial charge in [0, 0.05) is 30.2 Å². The summed E-state index contributed by atoms with van der Waals surface area (Å²) in [5.41, 5.74) is 1.20. The fraction of sp³-hybridized carbons (Fsp3) is 0.625. The van der Waals surface area contributed by atoms with Crippen molar-refractivity contribution in [3.05, 3.63) is 34.9 Å². The molecule has 0 aromatic heterocycles. The second kappa shape index (κ2) is 7.30. The molecule has 1 saturated heterocycles. The van der Waals surface area contributed by atoms with E-state index in [0.29, 0.717) is 25.0 Å². The molecular formula is C16H25ClN2O2S. The first-order valence-electron chi connectivity index (χ1n) is 7.78. The molecule has 1 fully saturated rings. The monoisotopic (exact) mass is 344 g/mol. The molecule has 22 heavy (non-hydrogen) atoms. The third-order valence-electron chi connectivity index (χ3n) is 4.52. The van der Waals surface area contributed by atoms with Crippen molar-refractivity contribution in [1.82, 2.24) is 9.62 Å². The second-order valence-electron chi connectivity index (χ2n) is 6.12. The molecule has 3 atom stereocenters. The normalized spacial score (nSPS) is 25.1. The Balaban J connectivity index is 2.01. The summed E-state index contributed by atoms with van der Waals surface area (Å²) in [6.45, 7) is 5.47. The predicted octanol–water partition coefficient (Wildman–Crippen LogP) is 3.05. The van der Waals surface area contributed by atoms with Crippen LogP contribution in [0.1, 0.15) is 38.3 Å². The summed E-state index contributed by atoms with van der Waals surface area (Å²) < 4.78 is 25.0. The summed E-state index contributed by atoms with van der Waals surface area (Å²) in [7, 11) is -3.09. The maximum absolute atomic E-state index is 11.7. The van der Waals surface area contributed by atoms with Crippen LogP contribution in [0.3, 0.4) is 0 Å². The largest absolute Gasteiger partial charge is 0.307 e. The standard InChI is InChI=1S/C16H25ClN2O2S/c1-4-13-11-19(22(3,20)21)10-9-16(13)18-12(2)14-5-7-15(17)8-6-14/h5-8,12-13,16,18H,4,9-11H2,1-3H3. The lowest BCUT2D eigenvalue weighted by Crippen LogP contribution is -2.51. The minimum atomic E-state index is -3.09. The molecule has 1 aliphatic rings. The fourth-order valence-corrected chi connectivity index (χ4v) is 4.13. The van der Waals surface area contributed by atoms with Crippen LogP contribution in [0.15, 0.2) is 24.3 Å². The fourth-order valence-electron chi connectivity index (χ4n) is 3.10. The predicted molar refractivity (Wildman–Crippen MR) is 91.6 cm³/mol. The van der Waals surface area contributed by atoms with Crippen LogP contribution in [0.2, 0.25) is 5.02 Å². The van der Waals surface area contributed by atoms with Crippen LogP contribution in [-0.2, 0) is 10.0 Å². The van der Waals surface area contributed by atoms with Crippen molar-refractivity contribution in [2.45, 2.75) is 38.8 Å². The van der Waals surface area contributed by atoms with Crippen LogP contribution in [0.4, 0.5) is 0 Å². The number of benzene rings is 1. The number of rotatable bonds is 5. The molecule has 6 heteroatoms. The number of hydrogen-bond acceptors (Lipinski definition) is 3. The highest BCUT2D eigenvalue weighted by atomic mass is 35.5.